The maximum atomic E-state index is 3.85. The largest absolute Gasteiger partial charge is 0.103 e. The second-order valence-electron chi connectivity index (χ2n) is 4.73. The summed E-state index contributed by atoms with van der Waals surface area (Å²) >= 11 is 0. The molecule has 0 unspecified atom stereocenters. The molecule has 0 saturated heterocycles. The molecule has 0 N–H and O–H groups in total. The van der Waals surface area contributed by atoms with Gasteiger partial charge < -0.3 is 0 Å². The average Bonchev–Trinajstić information content (AvgIpc) is 1.91. The van der Waals surface area contributed by atoms with Gasteiger partial charge in [-0.05, 0) is 49.4 Å². The fourth-order valence-electron chi connectivity index (χ4n) is 2.79. The van der Waals surface area contributed by atoms with Crippen molar-refractivity contribution < 1.29 is 0 Å². The summed E-state index contributed by atoms with van der Waals surface area (Å²) in [7, 11) is 0. The Kier molecular flexibility index (Phi) is 2.25. The van der Waals surface area contributed by atoms with Crippen molar-refractivity contribution in [2.45, 2.75) is 39.0 Å². The van der Waals surface area contributed by atoms with E-state index in [4.69, 9.17) is 0 Å². The number of hydrogen-bond acceptors (Lipinski definition) is 0. The molecule has 0 spiro atoms. The highest BCUT2D eigenvalue weighted by atomic mass is 14.4. The maximum absolute atomic E-state index is 3.85. The summed E-state index contributed by atoms with van der Waals surface area (Å²) in [6.45, 7) is 6.18. The molecule has 0 aromatic rings. The average molecular weight is 164 g/mol. The molecule has 0 nitrogen and oxygen atoms in total. The highest BCUT2D eigenvalue weighted by molar-refractivity contribution is 4.96. The predicted molar refractivity (Wildman–Crippen MR) is 52.9 cm³/mol. The van der Waals surface area contributed by atoms with Crippen molar-refractivity contribution >= 4 is 0 Å². The molecule has 0 atom stereocenters. The van der Waals surface area contributed by atoms with E-state index in [1.165, 1.54) is 32.1 Å². The van der Waals surface area contributed by atoms with Crippen LogP contribution in [-0.2, 0) is 0 Å². The molecule has 0 aromatic carbocycles. The highest BCUT2D eigenvalue weighted by Crippen LogP contribution is 2.50. The lowest BCUT2D eigenvalue weighted by Crippen LogP contribution is -2.36. The minimum Gasteiger partial charge on any atom is -0.103 e. The molecule has 0 radical (unpaired) electrons. The Balaban J connectivity index is 1.67. The van der Waals surface area contributed by atoms with Gasteiger partial charge in [0.05, 0.1) is 0 Å². The Bertz CT molecular complexity index is 159. The monoisotopic (exact) mass is 164 g/mol. The summed E-state index contributed by atoms with van der Waals surface area (Å²) in [5.41, 5.74) is 0. The van der Waals surface area contributed by atoms with Crippen LogP contribution in [0.5, 0.6) is 0 Å². The van der Waals surface area contributed by atoms with Crippen molar-refractivity contribution in [2.75, 3.05) is 0 Å². The van der Waals surface area contributed by atoms with E-state index in [1.807, 2.05) is 0 Å². The van der Waals surface area contributed by atoms with Crippen molar-refractivity contribution in [3.63, 3.8) is 0 Å². The Labute approximate surface area is 76.1 Å². The summed E-state index contributed by atoms with van der Waals surface area (Å²) in [5, 5.41) is 0. The molecule has 2 aliphatic carbocycles. The zero-order valence-electron chi connectivity index (χ0n) is 8.13. The SMILES string of the molecule is C=CC1CC(C2CC(CC)C2)C1. The van der Waals surface area contributed by atoms with Crippen LogP contribution in [-0.4, -0.2) is 0 Å². The van der Waals surface area contributed by atoms with Crippen molar-refractivity contribution in [3.05, 3.63) is 12.7 Å². The van der Waals surface area contributed by atoms with Crippen molar-refractivity contribution in [2.24, 2.45) is 23.7 Å². The van der Waals surface area contributed by atoms with Gasteiger partial charge in [-0.25, -0.2) is 0 Å². The van der Waals surface area contributed by atoms with Crippen molar-refractivity contribution in [1.82, 2.24) is 0 Å². The van der Waals surface area contributed by atoms with E-state index in [0.717, 1.165) is 23.7 Å². The normalized spacial score (nSPS) is 46.1. The van der Waals surface area contributed by atoms with Gasteiger partial charge in [0, 0.05) is 0 Å². The van der Waals surface area contributed by atoms with Gasteiger partial charge >= 0.3 is 0 Å². The molecule has 0 heteroatoms. The van der Waals surface area contributed by atoms with Crippen LogP contribution in [0.1, 0.15) is 39.0 Å². The molecule has 68 valence electrons. The van der Waals surface area contributed by atoms with Crippen LogP contribution in [0.3, 0.4) is 0 Å². The molecule has 2 fully saturated rings. The number of hydrogen-bond donors (Lipinski definition) is 0. The Morgan fingerprint density at radius 2 is 1.75 bits per heavy atom. The molecule has 2 saturated carbocycles. The zero-order chi connectivity index (χ0) is 8.55. The Morgan fingerprint density at radius 1 is 1.17 bits per heavy atom. The highest BCUT2D eigenvalue weighted by Gasteiger charge is 2.39. The first-order chi connectivity index (χ1) is 5.83. The molecule has 0 bridgehead atoms. The van der Waals surface area contributed by atoms with Crippen LogP contribution in [0.2, 0.25) is 0 Å². The second kappa shape index (κ2) is 3.24. The van der Waals surface area contributed by atoms with Gasteiger partial charge in [-0.15, -0.1) is 6.58 Å². The molecule has 2 rings (SSSR count). The summed E-state index contributed by atoms with van der Waals surface area (Å²) in [4.78, 5) is 0. The summed E-state index contributed by atoms with van der Waals surface area (Å²) in [5.74, 6) is 4.13. The predicted octanol–water partition coefficient (Wildman–Crippen LogP) is 3.63. The van der Waals surface area contributed by atoms with E-state index in [2.05, 4.69) is 19.6 Å². The lowest BCUT2D eigenvalue weighted by Gasteiger charge is -2.47. The molecular formula is C12H20. The van der Waals surface area contributed by atoms with Crippen LogP contribution in [0.25, 0.3) is 0 Å². The lowest BCUT2D eigenvalue weighted by atomic mass is 9.59. The van der Waals surface area contributed by atoms with Gasteiger partial charge in [-0.3, -0.25) is 0 Å². The zero-order valence-corrected chi connectivity index (χ0v) is 8.13. The lowest BCUT2D eigenvalue weighted by molar-refractivity contribution is 0.0499. The second-order valence-corrected chi connectivity index (χ2v) is 4.73. The van der Waals surface area contributed by atoms with Gasteiger partial charge in [0.15, 0.2) is 0 Å². The molecule has 0 aliphatic heterocycles. The number of allylic oxidation sites excluding steroid dienone is 1. The first-order valence-corrected chi connectivity index (χ1v) is 5.46. The fraction of sp³-hybridized carbons (Fsp3) is 0.833. The van der Waals surface area contributed by atoms with Crippen LogP contribution in [0.4, 0.5) is 0 Å². The first kappa shape index (κ1) is 8.34. The smallest absolute Gasteiger partial charge is 0.0231 e. The molecule has 0 amide bonds. The van der Waals surface area contributed by atoms with E-state index >= 15 is 0 Å². The third-order valence-corrected chi connectivity index (χ3v) is 4.06. The quantitative estimate of drug-likeness (QED) is 0.559. The Morgan fingerprint density at radius 3 is 2.25 bits per heavy atom. The van der Waals surface area contributed by atoms with Gasteiger partial charge in [-0.2, -0.15) is 0 Å². The summed E-state index contributed by atoms with van der Waals surface area (Å²) in [6.07, 6.45) is 9.52. The van der Waals surface area contributed by atoms with Gasteiger partial charge in [0.1, 0.15) is 0 Å². The molecule has 0 heterocycles. The summed E-state index contributed by atoms with van der Waals surface area (Å²) < 4.78 is 0. The Hall–Kier alpha value is -0.260. The molecule has 2 aliphatic rings. The molecular weight excluding hydrogens is 144 g/mol. The van der Waals surface area contributed by atoms with Gasteiger partial charge in [-0.1, -0.05) is 19.4 Å². The van der Waals surface area contributed by atoms with E-state index in [0.29, 0.717) is 0 Å². The minimum absolute atomic E-state index is 0.871. The van der Waals surface area contributed by atoms with E-state index in [-0.39, 0.29) is 0 Å². The standard InChI is InChI=1S/C12H20/c1-3-9-5-11(6-9)12-7-10(4-2)8-12/h3,9-12H,1,4-8H2,2H3. The van der Waals surface area contributed by atoms with Crippen LogP contribution in [0.15, 0.2) is 12.7 Å². The minimum atomic E-state index is 0.871. The van der Waals surface area contributed by atoms with Gasteiger partial charge in [0.2, 0.25) is 0 Å². The summed E-state index contributed by atoms with van der Waals surface area (Å²) in [6, 6.07) is 0. The van der Waals surface area contributed by atoms with E-state index in [9.17, 15) is 0 Å². The topological polar surface area (TPSA) is 0 Å². The maximum Gasteiger partial charge on any atom is -0.0231 e. The number of rotatable bonds is 3. The molecule has 12 heavy (non-hydrogen) atoms. The van der Waals surface area contributed by atoms with Crippen LogP contribution < -0.4 is 0 Å². The van der Waals surface area contributed by atoms with Crippen molar-refractivity contribution in [3.8, 4) is 0 Å². The van der Waals surface area contributed by atoms with E-state index < -0.39 is 0 Å². The fourth-order valence-corrected chi connectivity index (χ4v) is 2.79. The van der Waals surface area contributed by atoms with Crippen LogP contribution >= 0.6 is 0 Å². The van der Waals surface area contributed by atoms with Gasteiger partial charge in [0.25, 0.3) is 0 Å². The van der Waals surface area contributed by atoms with Crippen molar-refractivity contribution in [1.29, 1.82) is 0 Å². The first-order valence-electron chi connectivity index (χ1n) is 5.46. The van der Waals surface area contributed by atoms with E-state index in [1.54, 1.807) is 0 Å². The van der Waals surface area contributed by atoms with Crippen LogP contribution in [0, 0.1) is 23.7 Å². The molecule has 0 aromatic heterocycles. The third-order valence-electron chi connectivity index (χ3n) is 4.06. The third kappa shape index (κ3) is 1.32.